The lowest BCUT2D eigenvalue weighted by molar-refractivity contribution is 0.759. The maximum absolute atomic E-state index is 3.62. The predicted molar refractivity (Wildman–Crippen MR) is 66.2 cm³/mol. The van der Waals surface area contributed by atoms with Gasteiger partial charge in [0.25, 0.3) is 0 Å². The van der Waals surface area contributed by atoms with E-state index in [0.29, 0.717) is 0 Å². The molecule has 0 N–H and O–H groups in total. The minimum Gasteiger partial charge on any atom is -0.0885 e. The summed E-state index contributed by atoms with van der Waals surface area (Å²) < 4.78 is 0. The van der Waals surface area contributed by atoms with Crippen molar-refractivity contribution in [3.8, 4) is 0 Å². The summed E-state index contributed by atoms with van der Waals surface area (Å²) in [4.78, 5) is 0. The first-order valence-electron chi connectivity index (χ1n) is 5.67. The van der Waals surface area contributed by atoms with Crippen molar-refractivity contribution in [2.75, 3.05) is 0 Å². The minimum atomic E-state index is 1.19. The van der Waals surface area contributed by atoms with E-state index in [1.54, 1.807) is 0 Å². The van der Waals surface area contributed by atoms with Crippen LogP contribution in [0.2, 0.25) is 0 Å². The fourth-order valence-corrected chi connectivity index (χ4v) is 1.18. The number of hydrogen-bond acceptors (Lipinski definition) is 0. The number of unbranched alkanes of at least 4 members (excludes halogenated alkanes) is 4. The smallest absolute Gasteiger partial charge is 0.0313 e. The van der Waals surface area contributed by atoms with Crippen LogP contribution in [0.5, 0.6) is 0 Å². The molecule has 0 saturated heterocycles. The van der Waals surface area contributed by atoms with E-state index in [1.165, 1.54) is 38.5 Å². The highest BCUT2D eigenvalue weighted by Crippen LogP contribution is 2.02. The van der Waals surface area contributed by atoms with Gasteiger partial charge < -0.3 is 0 Å². The molecule has 0 spiro atoms. The predicted octanol–water partition coefficient (Wildman–Crippen LogP) is 4.85. The Labute approximate surface area is 89.4 Å². The van der Waals surface area contributed by atoms with Crippen LogP contribution in [0, 0.1) is 6.92 Å². The highest BCUT2D eigenvalue weighted by molar-refractivity contribution is 5.03. The van der Waals surface area contributed by atoms with Crippen molar-refractivity contribution < 1.29 is 0 Å². The van der Waals surface area contributed by atoms with Crippen molar-refractivity contribution in [3.63, 3.8) is 0 Å². The molecule has 0 aromatic carbocycles. The zero-order chi connectivity index (χ0) is 10.5. The standard InChI is InChI=1S/C14H23/c1-3-5-7-9-11-13-14-12-10-8-6-4-2/h3,5,7-10H,1,4,6,11-14H2,2H3. The molecule has 0 atom stereocenters. The van der Waals surface area contributed by atoms with E-state index >= 15 is 0 Å². The Morgan fingerprint density at radius 3 is 2.14 bits per heavy atom. The van der Waals surface area contributed by atoms with Crippen molar-refractivity contribution >= 4 is 0 Å². The summed E-state index contributed by atoms with van der Waals surface area (Å²) >= 11 is 0. The summed E-state index contributed by atoms with van der Waals surface area (Å²) in [6.45, 7) is 5.83. The molecule has 0 unspecified atom stereocenters. The van der Waals surface area contributed by atoms with Gasteiger partial charge in [0.2, 0.25) is 0 Å². The van der Waals surface area contributed by atoms with Gasteiger partial charge in [-0.3, -0.25) is 0 Å². The van der Waals surface area contributed by atoms with Crippen LogP contribution in [0.1, 0.15) is 45.4 Å². The Balaban J connectivity index is 3.13. The third kappa shape index (κ3) is 11.2. The Morgan fingerprint density at radius 1 is 0.857 bits per heavy atom. The van der Waals surface area contributed by atoms with Crippen LogP contribution in [0.15, 0.2) is 36.5 Å². The Morgan fingerprint density at radius 2 is 1.50 bits per heavy atom. The molecule has 0 aromatic heterocycles. The van der Waals surface area contributed by atoms with E-state index in [0.717, 1.165) is 0 Å². The first-order chi connectivity index (χ1) is 6.91. The van der Waals surface area contributed by atoms with Crippen LogP contribution < -0.4 is 0 Å². The molecule has 0 aromatic rings. The van der Waals surface area contributed by atoms with E-state index in [4.69, 9.17) is 0 Å². The third-order valence-corrected chi connectivity index (χ3v) is 2.00. The number of hydrogen-bond donors (Lipinski definition) is 0. The summed E-state index contributed by atoms with van der Waals surface area (Å²) in [5.74, 6) is 0. The van der Waals surface area contributed by atoms with Crippen molar-refractivity contribution in [2.24, 2.45) is 0 Å². The van der Waals surface area contributed by atoms with Gasteiger partial charge >= 0.3 is 0 Å². The highest BCUT2D eigenvalue weighted by atomic mass is 13.9. The summed E-state index contributed by atoms with van der Waals surface area (Å²) in [6, 6.07) is 0. The molecule has 0 aliphatic carbocycles. The topological polar surface area (TPSA) is 0 Å². The first-order valence-corrected chi connectivity index (χ1v) is 5.67. The lowest BCUT2D eigenvalue weighted by Gasteiger charge is -1.92. The van der Waals surface area contributed by atoms with E-state index in [2.05, 4.69) is 38.2 Å². The third-order valence-electron chi connectivity index (χ3n) is 2.00. The van der Waals surface area contributed by atoms with Gasteiger partial charge in [0.15, 0.2) is 0 Å². The summed E-state index contributed by atoms with van der Waals surface area (Å²) in [5.41, 5.74) is 0. The molecule has 0 fully saturated rings. The maximum Gasteiger partial charge on any atom is -0.0313 e. The van der Waals surface area contributed by atoms with Crippen LogP contribution in [0.4, 0.5) is 0 Å². The molecule has 0 bridgehead atoms. The van der Waals surface area contributed by atoms with E-state index in [-0.39, 0.29) is 0 Å². The van der Waals surface area contributed by atoms with Crippen LogP contribution in [0.3, 0.4) is 0 Å². The molecule has 0 amide bonds. The van der Waals surface area contributed by atoms with Crippen molar-refractivity contribution in [3.05, 3.63) is 43.4 Å². The van der Waals surface area contributed by atoms with Crippen LogP contribution in [-0.4, -0.2) is 0 Å². The fraction of sp³-hybridized carbons (Fsp3) is 0.500. The van der Waals surface area contributed by atoms with Gasteiger partial charge in [-0.1, -0.05) is 49.8 Å². The molecular formula is C14H23. The molecule has 0 aliphatic rings. The molecule has 0 heterocycles. The van der Waals surface area contributed by atoms with E-state index in [9.17, 15) is 0 Å². The Kier molecular flexibility index (Phi) is 11.5. The van der Waals surface area contributed by atoms with Gasteiger partial charge in [-0.15, -0.1) is 0 Å². The Bertz CT molecular complexity index is 172. The average Bonchev–Trinajstić information content (AvgIpc) is 2.21. The normalized spacial score (nSPS) is 12.4. The van der Waals surface area contributed by atoms with Gasteiger partial charge in [0, 0.05) is 0 Å². The number of rotatable bonds is 8. The summed E-state index contributed by atoms with van der Waals surface area (Å²) in [5, 5.41) is 0. The fourth-order valence-electron chi connectivity index (χ4n) is 1.18. The van der Waals surface area contributed by atoms with Crippen LogP contribution in [-0.2, 0) is 0 Å². The van der Waals surface area contributed by atoms with Gasteiger partial charge in [-0.05, 0) is 39.0 Å². The summed E-state index contributed by atoms with van der Waals surface area (Å²) in [6.07, 6.45) is 20.2. The molecule has 0 saturated carbocycles. The van der Waals surface area contributed by atoms with Crippen molar-refractivity contribution in [1.82, 2.24) is 0 Å². The van der Waals surface area contributed by atoms with Gasteiger partial charge in [0.1, 0.15) is 0 Å². The average molecular weight is 191 g/mol. The highest BCUT2D eigenvalue weighted by Gasteiger charge is 1.82. The maximum atomic E-state index is 3.62. The first kappa shape index (κ1) is 13.2. The van der Waals surface area contributed by atoms with Crippen molar-refractivity contribution in [1.29, 1.82) is 0 Å². The second kappa shape index (κ2) is 12.2. The zero-order valence-electron chi connectivity index (χ0n) is 9.41. The van der Waals surface area contributed by atoms with Gasteiger partial charge in [-0.2, -0.15) is 0 Å². The second-order valence-corrected chi connectivity index (χ2v) is 3.40. The number of allylic oxidation sites excluding steroid dienone is 6. The van der Waals surface area contributed by atoms with Crippen LogP contribution >= 0.6 is 0 Å². The quantitative estimate of drug-likeness (QED) is 0.292. The lowest BCUT2D eigenvalue weighted by Crippen LogP contribution is -1.72. The molecule has 0 rings (SSSR count). The monoisotopic (exact) mass is 191 g/mol. The molecule has 14 heavy (non-hydrogen) atoms. The summed E-state index contributed by atoms with van der Waals surface area (Å²) in [7, 11) is 0. The van der Waals surface area contributed by atoms with Gasteiger partial charge in [0.05, 0.1) is 0 Å². The molecule has 0 heteroatoms. The molecule has 0 nitrogen and oxygen atoms in total. The van der Waals surface area contributed by atoms with Crippen LogP contribution in [0.25, 0.3) is 0 Å². The van der Waals surface area contributed by atoms with Gasteiger partial charge in [-0.25, -0.2) is 0 Å². The zero-order valence-corrected chi connectivity index (χ0v) is 9.41. The van der Waals surface area contributed by atoms with Crippen molar-refractivity contribution in [2.45, 2.75) is 45.4 Å². The van der Waals surface area contributed by atoms with E-state index < -0.39 is 0 Å². The molecule has 0 aliphatic heterocycles. The largest absolute Gasteiger partial charge is 0.0885 e. The molecule has 1 radical (unpaired) electrons. The SMILES string of the molecule is [CH2]C=CC=CCCCCC=CCCC. The molecular weight excluding hydrogens is 168 g/mol. The Hall–Kier alpha value is -0.780. The lowest BCUT2D eigenvalue weighted by atomic mass is 10.1. The second-order valence-electron chi connectivity index (χ2n) is 3.40. The van der Waals surface area contributed by atoms with E-state index in [1.807, 2.05) is 12.2 Å². The minimum absolute atomic E-state index is 1.19. The molecule has 79 valence electrons.